The van der Waals surface area contributed by atoms with Crippen LogP contribution < -0.4 is 16.6 Å². The van der Waals surface area contributed by atoms with E-state index in [2.05, 4.69) is 36.6 Å². The molecule has 0 fully saturated rings. The molecule has 1 aromatic carbocycles. The molecule has 6 nitrogen and oxygen atoms in total. The van der Waals surface area contributed by atoms with Crippen molar-refractivity contribution in [1.82, 2.24) is 14.4 Å². The van der Waals surface area contributed by atoms with Gasteiger partial charge in [-0.15, -0.1) is 0 Å². The number of anilines is 3. The Bertz CT molecular complexity index is 772. The molecule has 2 heterocycles. The van der Waals surface area contributed by atoms with Crippen LogP contribution in [-0.2, 0) is 0 Å². The van der Waals surface area contributed by atoms with E-state index in [0.717, 1.165) is 0 Å². The Morgan fingerprint density at radius 2 is 2.20 bits per heavy atom. The molecule has 3 aromatic rings. The highest BCUT2D eigenvalue weighted by molar-refractivity contribution is 9.10. The molecule has 20 heavy (non-hydrogen) atoms. The van der Waals surface area contributed by atoms with Crippen molar-refractivity contribution in [3.05, 3.63) is 47.1 Å². The van der Waals surface area contributed by atoms with E-state index >= 15 is 0 Å². The molecule has 0 saturated heterocycles. The zero-order chi connectivity index (χ0) is 14.1. The van der Waals surface area contributed by atoms with E-state index in [9.17, 15) is 4.39 Å². The van der Waals surface area contributed by atoms with Gasteiger partial charge < -0.3 is 15.1 Å². The number of nitrogens with one attached hydrogen (secondary N) is 2. The van der Waals surface area contributed by atoms with Crippen molar-refractivity contribution in [2.24, 2.45) is 5.84 Å². The SMILES string of the molecule is NNc1cn2ccnc2c(Nc2ccc(F)cc2Br)n1. The number of nitrogens with two attached hydrogens (primary N) is 1. The van der Waals surface area contributed by atoms with Gasteiger partial charge in [-0.2, -0.15) is 0 Å². The molecule has 0 saturated carbocycles. The molecular weight excluding hydrogens is 327 g/mol. The second-order valence-corrected chi connectivity index (χ2v) is 4.88. The highest BCUT2D eigenvalue weighted by Gasteiger charge is 2.09. The van der Waals surface area contributed by atoms with Gasteiger partial charge in [0.2, 0.25) is 0 Å². The minimum absolute atomic E-state index is 0.321. The maximum absolute atomic E-state index is 13.1. The van der Waals surface area contributed by atoms with Crippen LogP contribution >= 0.6 is 15.9 Å². The van der Waals surface area contributed by atoms with Gasteiger partial charge in [-0.25, -0.2) is 20.2 Å². The summed E-state index contributed by atoms with van der Waals surface area (Å²) in [6, 6.07) is 4.35. The van der Waals surface area contributed by atoms with Gasteiger partial charge in [-0.3, -0.25) is 0 Å². The van der Waals surface area contributed by atoms with E-state index in [1.807, 2.05) is 0 Å². The molecule has 2 aromatic heterocycles. The van der Waals surface area contributed by atoms with Crippen LogP contribution in [0.4, 0.5) is 21.7 Å². The molecule has 102 valence electrons. The summed E-state index contributed by atoms with van der Waals surface area (Å²) in [6.07, 6.45) is 5.15. The Morgan fingerprint density at radius 3 is 2.95 bits per heavy atom. The summed E-state index contributed by atoms with van der Waals surface area (Å²) in [6.45, 7) is 0. The topological polar surface area (TPSA) is 80.3 Å². The Kier molecular flexibility index (Phi) is 3.25. The van der Waals surface area contributed by atoms with Crippen LogP contribution in [-0.4, -0.2) is 14.4 Å². The average molecular weight is 337 g/mol. The van der Waals surface area contributed by atoms with E-state index in [4.69, 9.17) is 5.84 Å². The summed E-state index contributed by atoms with van der Waals surface area (Å²) in [5.41, 5.74) is 3.81. The molecule has 8 heteroatoms. The fraction of sp³-hybridized carbons (Fsp3) is 0. The number of fused-ring (bicyclic) bond motifs is 1. The third kappa shape index (κ3) is 2.30. The molecule has 0 radical (unpaired) electrons. The lowest BCUT2D eigenvalue weighted by Crippen LogP contribution is -2.11. The first-order valence-electron chi connectivity index (χ1n) is 5.70. The van der Waals surface area contributed by atoms with Crippen LogP contribution in [0.3, 0.4) is 0 Å². The van der Waals surface area contributed by atoms with Gasteiger partial charge in [0.15, 0.2) is 17.3 Å². The third-order valence-electron chi connectivity index (χ3n) is 2.71. The molecule has 0 spiro atoms. The number of halogens is 2. The Morgan fingerprint density at radius 1 is 1.35 bits per heavy atom. The van der Waals surface area contributed by atoms with Crippen molar-refractivity contribution >= 4 is 38.9 Å². The van der Waals surface area contributed by atoms with Gasteiger partial charge in [0.05, 0.1) is 11.9 Å². The molecule has 0 aliphatic carbocycles. The second-order valence-electron chi connectivity index (χ2n) is 4.03. The quantitative estimate of drug-likeness (QED) is 0.506. The van der Waals surface area contributed by atoms with Crippen LogP contribution in [0, 0.1) is 5.82 Å². The zero-order valence-electron chi connectivity index (χ0n) is 10.1. The predicted molar refractivity (Wildman–Crippen MR) is 78.2 cm³/mol. The fourth-order valence-electron chi connectivity index (χ4n) is 1.80. The number of imidazole rings is 1. The zero-order valence-corrected chi connectivity index (χ0v) is 11.7. The molecule has 0 amide bonds. The summed E-state index contributed by atoms with van der Waals surface area (Å²) in [5, 5.41) is 3.10. The lowest BCUT2D eigenvalue weighted by Gasteiger charge is -2.10. The van der Waals surface area contributed by atoms with Crippen LogP contribution in [0.2, 0.25) is 0 Å². The normalized spacial score (nSPS) is 10.8. The molecule has 4 N–H and O–H groups in total. The first kappa shape index (κ1) is 12.8. The van der Waals surface area contributed by atoms with Gasteiger partial charge in [-0.1, -0.05) is 0 Å². The minimum Gasteiger partial charge on any atom is -0.336 e. The van der Waals surface area contributed by atoms with Crippen LogP contribution in [0.15, 0.2) is 41.3 Å². The van der Waals surface area contributed by atoms with Crippen molar-refractivity contribution in [3.8, 4) is 0 Å². The summed E-state index contributed by atoms with van der Waals surface area (Å²) in [7, 11) is 0. The standard InChI is InChI=1S/C12H10BrFN6/c13-8-5-7(14)1-2-9(8)17-11-12-16-3-4-20(12)6-10(18-11)19-15/h1-6,19H,15H2,(H,17,18). The number of aromatic nitrogens is 3. The van der Waals surface area contributed by atoms with E-state index in [1.165, 1.54) is 12.1 Å². The summed E-state index contributed by atoms with van der Waals surface area (Å²) < 4.78 is 15.5. The first-order valence-corrected chi connectivity index (χ1v) is 6.49. The van der Waals surface area contributed by atoms with Crippen molar-refractivity contribution in [2.45, 2.75) is 0 Å². The predicted octanol–water partition coefficient (Wildman–Crippen LogP) is 2.66. The number of hydrogen-bond acceptors (Lipinski definition) is 5. The minimum atomic E-state index is -0.321. The van der Waals surface area contributed by atoms with Gasteiger partial charge in [-0.05, 0) is 34.1 Å². The molecule has 0 unspecified atom stereocenters. The highest BCUT2D eigenvalue weighted by atomic mass is 79.9. The first-order chi connectivity index (χ1) is 9.67. The number of hydrogen-bond donors (Lipinski definition) is 3. The molecular formula is C12H10BrFN6. The largest absolute Gasteiger partial charge is 0.336 e. The summed E-state index contributed by atoms with van der Waals surface area (Å²) >= 11 is 3.30. The van der Waals surface area contributed by atoms with E-state index in [0.29, 0.717) is 27.4 Å². The summed E-state index contributed by atoms with van der Waals surface area (Å²) in [4.78, 5) is 8.52. The maximum Gasteiger partial charge on any atom is 0.180 e. The molecule has 0 aliphatic heterocycles. The van der Waals surface area contributed by atoms with Crippen LogP contribution in [0.5, 0.6) is 0 Å². The highest BCUT2D eigenvalue weighted by Crippen LogP contribution is 2.27. The molecule has 0 aliphatic rings. The van der Waals surface area contributed by atoms with E-state index in [1.54, 1.807) is 29.1 Å². The number of nitrogen functional groups attached to an aromatic ring is 1. The van der Waals surface area contributed by atoms with E-state index in [-0.39, 0.29) is 5.82 Å². The van der Waals surface area contributed by atoms with Gasteiger partial charge in [0.1, 0.15) is 5.82 Å². The summed E-state index contributed by atoms with van der Waals surface area (Å²) in [5.74, 6) is 6.06. The lowest BCUT2D eigenvalue weighted by molar-refractivity contribution is 0.627. The molecule has 0 atom stereocenters. The monoisotopic (exact) mass is 336 g/mol. The molecule has 3 rings (SSSR count). The number of rotatable bonds is 3. The van der Waals surface area contributed by atoms with Crippen molar-refractivity contribution < 1.29 is 4.39 Å². The van der Waals surface area contributed by atoms with E-state index < -0.39 is 0 Å². The lowest BCUT2D eigenvalue weighted by atomic mass is 10.3. The van der Waals surface area contributed by atoms with Gasteiger partial charge >= 0.3 is 0 Å². The Balaban J connectivity index is 2.07. The number of benzene rings is 1. The maximum atomic E-state index is 13.1. The smallest absolute Gasteiger partial charge is 0.180 e. The number of hydrazine groups is 1. The van der Waals surface area contributed by atoms with Crippen LogP contribution in [0.25, 0.3) is 5.65 Å². The fourth-order valence-corrected chi connectivity index (χ4v) is 2.25. The second kappa shape index (κ2) is 5.06. The van der Waals surface area contributed by atoms with Gasteiger partial charge in [0, 0.05) is 16.9 Å². The van der Waals surface area contributed by atoms with Gasteiger partial charge in [0.25, 0.3) is 0 Å². The van der Waals surface area contributed by atoms with Crippen molar-refractivity contribution in [3.63, 3.8) is 0 Å². The third-order valence-corrected chi connectivity index (χ3v) is 3.36. The van der Waals surface area contributed by atoms with Crippen molar-refractivity contribution in [1.29, 1.82) is 0 Å². The van der Waals surface area contributed by atoms with Crippen molar-refractivity contribution in [2.75, 3.05) is 10.7 Å². The average Bonchev–Trinajstić information content (AvgIpc) is 2.90. The Hall–Kier alpha value is -2.19. The Labute approximate surface area is 121 Å². The molecule has 0 bridgehead atoms. The number of nitrogens with zero attached hydrogens (tertiary/aromatic N) is 3. The van der Waals surface area contributed by atoms with Crippen LogP contribution in [0.1, 0.15) is 0 Å².